The Morgan fingerprint density at radius 1 is 1.10 bits per heavy atom. The van der Waals surface area contributed by atoms with E-state index in [0.29, 0.717) is 18.9 Å². The molecule has 29 heavy (non-hydrogen) atoms. The van der Waals surface area contributed by atoms with Gasteiger partial charge in [-0.15, -0.1) is 0 Å². The molecule has 6 nitrogen and oxygen atoms in total. The molecule has 2 aliphatic rings. The molecule has 1 fully saturated rings. The average molecular weight is 393 g/mol. The number of nitrogens with one attached hydrogen (secondary N) is 3. The maximum Gasteiger partial charge on any atom is 0.225 e. The number of ether oxygens (including phenoxy) is 1. The highest BCUT2D eigenvalue weighted by Gasteiger charge is 2.30. The van der Waals surface area contributed by atoms with Crippen molar-refractivity contribution in [3.8, 4) is 0 Å². The number of carbonyl (C=O) groups is 1. The van der Waals surface area contributed by atoms with Crippen LogP contribution < -0.4 is 16.0 Å². The lowest BCUT2D eigenvalue weighted by atomic mass is 9.90. The number of carbonyl (C=O) groups excluding carboxylic acids is 1. The summed E-state index contributed by atoms with van der Waals surface area (Å²) >= 11 is 0. The normalized spacial score (nSPS) is 24.0. The maximum absolute atomic E-state index is 12.0. The Labute approximate surface area is 171 Å². The van der Waals surface area contributed by atoms with E-state index in [-0.39, 0.29) is 17.9 Å². The predicted octanol–water partition coefficient (Wildman–Crippen LogP) is 3.06. The Morgan fingerprint density at radius 2 is 1.86 bits per heavy atom. The number of amides is 1. The lowest BCUT2D eigenvalue weighted by Gasteiger charge is -2.27. The third kappa shape index (κ3) is 4.59. The van der Waals surface area contributed by atoms with E-state index in [2.05, 4.69) is 51.3 Å². The Bertz CT molecular complexity index is 868. The number of benzene rings is 2. The molecule has 4 rings (SSSR count). The van der Waals surface area contributed by atoms with Gasteiger partial charge in [0.1, 0.15) is 0 Å². The minimum Gasteiger partial charge on any atom is -0.373 e. The van der Waals surface area contributed by atoms with E-state index < -0.39 is 0 Å². The van der Waals surface area contributed by atoms with Crippen molar-refractivity contribution in [2.24, 2.45) is 10.9 Å². The molecule has 0 spiro atoms. The molecule has 152 valence electrons. The SMILES string of the molecule is CN=C(NCC1CC(=O)Nc2ccccc21)NCC1CCOC1c1ccccc1. The van der Waals surface area contributed by atoms with E-state index in [1.54, 1.807) is 7.05 Å². The first-order valence-corrected chi connectivity index (χ1v) is 10.2. The maximum atomic E-state index is 12.0. The molecule has 3 N–H and O–H groups in total. The number of rotatable bonds is 5. The van der Waals surface area contributed by atoms with Crippen molar-refractivity contribution in [1.29, 1.82) is 0 Å². The zero-order valence-corrected chi connectivity index (χ0v) is 16.7. The van der Waals surface area contributed by atoms with E-state index in [1.807, 2.05) is 24.3 Å². The Hall–Kier alpha value is -2.86. The molecule has 0 radical (unpaired) electrons. The number of nitrogens with zero attached hydrogens (tertiary/aromatic N) is 1. The molecule has 6 heteroatoms. The first kappa shape index (κ1) is 19.5. The van der Waals surface area contributed by atoms with Crippen LogP contribution >= 0.6 is 0 Å². The number of aliphatic imine (C=N–C) groups is 1. The Balaban J connectivity index is 1.33. The molecule has 0 bridgehead atoms. The van der Waals surface area contributed by atoms with Crippen LogP contribution in [-0.4, -0.2) is 38.6 Å². The fourth-order valence-electron chi connectivity index (χ4n) is 4.21. The second kappa shape index (κ2) is 9.09. The zero-order valence-electron chi connectivity index (χ0n) is 16.7. The lowest BCUT2D eigenvalue weighted by Crippen LogP contribution is -2.42. The zero-order chi connectivity index (χ0) is 20.1. The van der Waals surface area contributed by atoms with Crippen molar-refractivity contribution in [2.75, 3.05) is 32.1 Å². The van der Waals surface area contributed by atoms with Gasteiger partial charge in [-0.2, -0.15) is 0 Å². The van der Waals surface area contributed by atoms with Gasteiger partial charge >= 0.3 is 0 Å². The number of hydrogen-bond donors (Lipinski definition) is 3. The fourth-order valence-corrected chi connectivity index (χ4v) is 4.21. The summed E-state index contributed by atoms with van der Waals surface area (Å²) in [4.78, 5) is 16.4. The largest absolute Gasteiger partial charge is 0.373 e. The van der Waals surface area contributed by atoms with Crippen molar-refractivity contribution in [2.45, 2.75) is 24.9 Å². The molecule has 2 aromatic carbocycles. The average Bonchev–Trinajstić information content (AvgIpc) is 3.23. The predicted molar refractivity (Wildman–Crippen MR) is 115 cm³/mol. The molecule has 0 aromatic heterocycles. The van der Waals surface area contributed by atoms with Crippen LogP contribution in [0.4, 0.5) is 5.69 Å². The third-order valence-corrected chi connectivity index (χ3v) is 5.72. The number of anilines is 1. The highest BCUT2D eigenvalue weighted by Crippen LogP contribution is 2.34. The van der Waals surface area contributed by atoms with Gasteiger partial charge < -0.3 is 20.7 Å². The van der Waals surface area contributed by atoms with Crippen LogP contribution in [0.15, 0.2) is 59.6 Å². The smallest absolute Gasteiger partial charge is 0.225 e. The van der Waals surface area contributed by atoms with Gasteiger partial charge in [0.05, 0.1) is 6.10 Å². The van der Waals surface area contributed by atoms with Crippen LogP contribution in [-0.2, 0) is 9.53 Å². The first-order chi connectivity index (χ1) is 14.2. The molecular formula is C23H28N4O2. The minimum absolute atomic E-state index is 0.0623. The van der Waals surface area contributed by atoms with Crippen LogP contribution in [0.1, 0.15) is 36.0 Å². The number of fused-ring (bicyclic) bond motifs is 1. The molecular weight excluding hydrogens is 364 g/mol. The van der Waals surface area contributed by atoms with E-state index >= 15 is 0 Å². The minimum atomic E-state index is 0.0623. The molecule has 3 unspecified atom stereocenters. The lowest BCUT2D eigenvalue weighted by molar-refractivity contribution is -0.116. The van der Waals surface area contributed by atoms with E-state index in [9.17, 15) is 4.79 Å². The first-order valence-electron chi connectivity index (χ1n) is 10.2. The summed E-state index contributed by atoms with van der Waals surface area (Å²) in [6.07, 6.45) is 1.63. The van der Waals surface area contributed by atoms with Crippen molar-refractivity contribution in [1.82, 2.24) is 10.6 Å². The molecule has 1 amide bonds. The Kier molecular flexibility index (Phi) is 6.10. The summed E-state index contributed by atoms with van der Waals surface area (Å²) in [6.45, 7) is 2.24. The van der Waals surface area contributed by atoms with E-state index in [1.165, 1.54) is 11.1 Å². The van der Waals surface area contributed by atoms with Gasteiger partial charge in [0, 0.05) is 50.7 Å². The second-order valence-electron chi connectivity index (χ2n) is 7.62. The van der Waals surface area contributed by atoms with Crippen LogP contribution in [0.5, 0.6) is 0 Å². The van der Waals surface area contributed by atoms with Gasteiger partial charge in [0.2, 0.25) is 5.91 Å². The molecule has 2 aromatic rings. The summed E-state index contributed by atoms with van der Waals surface area (Å²) < 4.78 is 5.98. The summed E-state index contributed by atoms with van der Waals surface area (Å²) in [7, 11) is 1.77. The van der Waals surface area contributed by atoms with Gasteiger partial charge in [-0.05, 0) is 23.6 Å². The molecule has 2 aliphatic heterocycles. The molecule has 2 heterocycles. The van der Waals surface area contributed by atoms with E-state index in [4.69, 9.17) is 4.74 Å². The molecule has 3 atom stereocenters. The number of guanidine groups is 1. The van der Waals surface area contributed by atoms with Crippen molar-refractivity contribution >= 4 is 17.6 Å². The van der Waals surface area contributed by atoms with Crippen LogP contribution in [0.25, 0.3) is 0 Å². The summed E-state index contributed by atoms with van der Waals surface area (Å²) in [6, 6.07) is 18.4. The van der Waals surface area contributed by atoms with Gasteiger partial charge in [0.15, 0.2) is 5.96 Å². The van der Waals surface area contributed by atoms with Crippen molar-refractivity contribution in [3.63, 3.8) is 0 Å². The van der Waals surface area contributed by atoms with Crippen molar-refractivity contribution < 1.29 is 9.53 Å². The standard InChI is InChI=1S/C23H28N4O2/c1-24-23(25-14-17-11-12-29-22(17)16-7-3-2-4-8-16)26-15-18-13-21(28)27-20-10-6-5-9-19(18)20/h2-10,17-18,22H,11-15H2,1H3,(H,27,28)(H2,24,25,26). The third-order valence-electron chi connectivity index (χ3n) is 5.72. The van der Waals surface area contributed by atoms with Gasteiger partial charge in [-0.25, -0.2) is 0 Å². The topological polar surface area (TPSA) is 74.8 Å². The molecule has 0 aliphatic carbocycles. The summed E-state index contributed by atoms with van der Waals surface area (Å²) in [5, 5.41) is 9.79. The summed E-state index contributed by atoms with van der Waals surface area (Å²) in [5.74, 6) is 1.35. The Morgan fingerprint density at radius 3 is 2.69 bits per heavy atom. The van der Waals surface area contributed by atoms with Crippen LogP contribution in [0, 0.1) is 5.92 Å². The quantitative estimate of drug-likeness (QED) is 0.540. The van der Waals surface area contributed by atoms with E-state index in [0.717, 1.165) is 31.2 Å². The fraction of sp³-hybridized carbons (Fsp3) is 0.391. The molecule has 1 saturated heterocycles. The van der Waals surface area contributed by atoms with Crippen LogP contribution in [0.3, 0.4) is 0 Å². The van der Waals surface area contributed by atoms with Gasteiger partial charge in [0.25, 0.3) is 0 Å². The second-order valence-corrected chi connectivity index (χ2v) is 7.62. The number of para-hydroxylation sites is 1. The highest BCUT2D eigenvalue weighted by atomic mass is 16.5. The van der Waals surface area contributed by atoms with Crippen LogP contribution in [0.2, 0.25) is 0 Å². The monoisotopic (exact) mass is 392 g/mol. The molecule has 0 saturated carbocycles. The van der Waals surface area contributed by atoms with Crippen molar-refractivity contribution in [3.05, 3.63) is 65.7 Å². The van der Waals surface area contributed by atoms with Gasteiger partial charge in [-0.1, -0.05) is 48.5 Å². The van der Waals surface area contributed by atoms with Gasteiger partial charge in [-0.3, -0.25) is 9.79 Å². The highest BCUT2D eigenvalue weighted by molar-refractivity contribution is 5.94. The summed E-state index contributed by atoms with van der Waals surface area (Å²) in [5.41, 5.74) is 3.31. The number of hydrogen-bond acceptors (Lipinski definition) is 3.